The van der Waals surface area contributed by atoms with Crippen molar-refractivity contribution >= 4 is 34.8 Å². The van der Waals surface area contributed by atoms with E-state index in [9.17, 15) is 14.7 Å². The molecule has 2 atom stereocenters. The summed E-state index contributed by atoms with van der Waals surface area (Å²) in [6, 6.07) is 11.8. The Kier molecular flexibility index (Phi) is 9.15. The highest BCUT2D eigenvalue weighted by molar-refractivity contribution is 6.39. The summed E-state index contributed by atoms with van der Waals surface area (Å²) in [6.07, 6.45) is 3.07. The predicted molar refractivity (Wildman–Crippen MR) is 159 cm³/mol. The van der Waals surface area contributed by atoms with Crippen molar-refractivity contribution in [2.45, 2.75) is 25.1 Å². The van der Waals surface area contributed by atoms with Gasteiger partial charge in [-0.15, -0.1) is 0 Å². The van der Waals surface area contributed by atoms with Crippen molar-refractivity contribution < 1.29 is 19.4 Å². The standard InChI is InChI=1S/C29H28Cl2N6O5/c1-37-29(40)19(9-11-34-37)27(39)35-21-8-4-6-17(26(21)31)16-5-3-7-18(25(16)30)22-13-33-23(28(36-22)41-2)14-32-20-10-12-42-15-24(20)38/h3-9,11,13,20,24,32,38H,10,12,14-15H2,1-2H3,(H,35,39)/t20?,24-/m0/s1. The van der Waals surface area contributed by atoms with Gasteiger partial charge in [0.2, 0.25) is 5.88 Å². The number of nitrogens with one attached hydrogen (secondary N) is 2. The Balaban J connectivity index is 1.41. The topological polar surface area (TPSA) is 140 Å². The van der Waals surface area contributed by atoms with Gasteiger partial charge in [0.1, 0.15) is 11.3 Å². The zero-order valence-electron chi connectivity index (χ0n) is 22.8. The molecule has 3 heterocycles. The summed E-state index contributed by atoms with van der Waals surface area (Å²) < 4.78 is 11.9. The highest BCUT2D eigenvalue weighted by Crippen LogP contribution is 2.41. The maximum atomic E-state index is 12.8. The number of anilines is 1. The minimum absolute atomic E-state index is 0.0656. The van der Waals surface area contributed by atoms with Gasteiger partial charge < -0.3 is 25.2 Å². The molecule has 11 nitrogen and oxygen atoms in total. The number of aliphatic hydroxyl groups excluding tert-OH is 1. The molecule has 4 aromatic rings. The van der Waals surface area contributed by atoms with Gasteiger partial charge in [-0.2, -0.15) is 5.10 Å². The van der Waals surface area contributed by atoms with Crippen molar-refractivity contribution in [3.8, 4) is 28.3 Å². The summed E-state index contributed by atoms with van der Waals surface area (Å²) in [7, 11) is 2.98. The monoisotopic (exact) mass is 610 g/mol. The van der Waals surface area contributed by atoms with Crippen LogP contribution in [0.5, 0.6) is 5.88 Å². The number of aryl methyl sites for hydroxylation is 1. The number of aliphatic hydroxyl groups is 1. The van der Waals surface area contributed by atoms with E-state index in [2.05, 4.69) is 25.7 Å². The quantitative estimate of drug-likeness (QED) is 0.272. The van der Waals surface area contributed by atoms with Crippen LogP contribution >= 0.6 is 23.2 Å². The largest absolute Gasteiger partial charge is 0.480 e. The minimum atomic E-state index is -0.611. The molecule has 0 spiro atoms. The number of nitrogens with zero attached hydrogens (tertiary/aromatic N) is 4. The smallest absolute Gasteiger partial charge is 0.279 e. The van der Waals surface area contributed by atoms with Gasteiger partial charge in [-0.25, -0.2) is 9.67 Å². The molecule has 1 aliphatic heterocycles. The van der Waals surface area contributed by atoms with E-state index in [1.165, 1.54) is 26.4 Å². The van der Waals surface area contributed by atoms with Gasteiger partial charge in [0.05, 0.1) is 47.4 Å². The number of rotatable bonds is 8. The first-order valence-corrected chi connectivity index (χ1v) is 13.8. The summed E-state index contributed by atoms with van der Waals surface area (Å²) in [5.74, 6) is -0.284. The van der Waals surface area contributed by atoms with Crippen LogP contribution in [0.4, 0.5) is 5.69 Å². The molecule has 13 heteroatoms. The molecule has 3 N–H and O–H groups in total. The lowest BCUT2D eigenvalue weighted by molar-refractivity contribution is -0.0281. The number of benzene rings is 2. The number of methoxy groups -OCH3 is 1. The van der Waals surface area contributed by atoms with Crippen LogP contribution in [0.3, 0.4) is 0 Å². The summed E-state index contributed by atoms with van der Waals surface area (Å²) in [5.41, 5.74) is 2.57. The molecule has 1 unspecified atom stereocenters. The van der Waals surface area contributed by atoms with Crippen molar-refractivity contribution in [2.24, 2.45) is 7.05 Å². The number of halogens is 2. The minimum Gasteiger partial charge on any atom is -0.480 e. The maximum Gasteiger partial charge on any atom is 0.279 e. The van der Waals surface area contributed by atoms with Crippen LogP contribution in [0.25, 0.3) is 22.4 Å². The predicted octanol–water partition coefficient (Wildman–Crippen LogP) is 3.71. The molecule has 1 aliphatic rings. The van der Waals surface area contributed by atoms with Crippen LogP contribution < -0.4 is 20.9 Å². The van der Waals surface area contributed by atoms with Gasteiger partial charge in [0.15, 0.2) is 0 Å². The first-order chi connectivity index (χ1) is 20.3. The molecule has 1 saturated heterocycles. The number of ether oxygens (including phenoxy) is 2. The van der Waals surface area contributed by atoms with Crippen molar-refractivity contribution in [2.75, 3.05) is 25.6 Å². The Hall–Kier alpha value is -3.87. The summed E-state index contributed by atoms with van der Waals surface area (Å²) in [6.45, 7) is 1.22. The lowest BCUT2D eigenvalue weighted by Gasteiger charge is -2.28. The average molecular weight is 611 g/mol. The third kappa shape index (κ3) is 6.15. The van der Waals surface area contributed by atoms with Gasteiger partial charge in [0.25, 0.3) is 11.5 Å². The number of carbonyl (C=O) groups is 1. The average Bonchev–Trinajstić information content (AvgIpc) is 2.99. The Morgan fingerprint density at radius 2 is 1.88 bits per heavy atom. The summed E-state index contributed by atoms with van der Waals surface area (Å²) >= 11 is 13.6. The Bertz CT molecular complexity index is 1680. The van der Waals surface area contributed by atoms with Crippen molar-refractivity contribution in [1.29, 1.82) is 0 Å². The first-order valence-electron chi connectivity index (χ1n) is 13.1. The maximum absolute atomic E-state index is 12.8. The molecular formula is C29H28Cl2N6O5. The Morgan fingerprint density at radius 1 is 1.14 bits per heavy atom. The molecule has 1 fully saturated rings. The zero-order chi connectivity index (χ0) is 29.8. The molecule has 5 rings (SSSR count). The van der Waals surface area contributed by atoms with E-state index in [0.717, 1.165) is 4.68 Å². The molecule has 2 aromatic heterocycles. The van der Waals surface area contributed by atoms with E-state index < -0.39 is 17.6 Å². The number of hydrogen-bond donors (Lipinski definition) is 3. The Labute approximate surface area is 251 Å². The summed E-state index contributed by atoms with van der Waals surface area (Å²) in [5, 5.41) is 20.6. The second kappa shape index (κ2) is 13.0. The van der Waals surface area contributed by atoms with Crippen LogP contribution in [0.15, 0.2) is 59.7 Å². The first kappa shape index (κ1) is 29.6. The fourth-order valence-corrected chi connectivity index (χ4v) is 5.24. The second-order valence-corrected chi connectivity index (χ2v) is 10.3. The normalized spacial score (nSPS) is 16.7. The Morgan fingerprint density at radius 3 is 2.64 bits per heavy atom. The molecule has 1 amide bonds. The molecule has 218 valence electrons. The molecule has 0 radical (unpaired) electrons. The molecule has 0 aliphatic carbocycles. The van der Waals surface area contributed by atoms with Gasteiger partial charge >= 0.3 is 0 Å². The molecule has 0 bridgehead atoms. The lowest BCUT2D eigenvalue weighted by atomic mass is 10.0. The van der Waals surface area contributed by atoms with E-state index in [4.69, 9.17) is 32.7 Å². The van der Waals surface area contributed by atoms with E-state index >= 15 is 0 Å². The highest BCUT2D eigenvalue weighted by atomic mass is 35.5. The van der Waals surface area contributed by atoms with Gasteiger partial charge in [0, 0.05) is 49.1 Å². The zero-order valence-corrected chi connectivity index (χ0v) is 24.3. The summed E-state index contributed by atoms with van der Waals surface area (Å²) in [4.78, 5) is 34.4. The van der Waals surface area contributed by atoms with E-state index in [-0.39, 0.29) is 23.2 Å². The number of aromatic nitrogens is 4. The van der Waals surface area contributed by atoms with Crippen LogP contribution in [-0.2, 0) is 18.3 Å². The van der Waals surface area contributed by atoms with Crippen LogP contribution in [-0.4, -0.2) is 63.2 Å². The highest BCUT2D eigenvalue weighted by Gasteiger charge is 2.24. The van der Waals surface area contributed by atoms with Crippen LogP contribution in [0, 0.1) is 0 Å². The number of hydrogen-bond acceptors (Lipinski definition) is 9. The SMILES string of the molecule is COc1nc(-c2cccc(-c3cccc(NC(=O)c4ccnn(C)c4=O)c3Cl)c2Cl)cnc1CNC1CCOC[C@@H]1O. The van der Waals surface area contributed by atoms with Crippen LogP contribution in [0.1, 0.15) is 22.5 Å². The van der Waals surface area contributed by atoms with Gasteiger partial charge in [-0.3, -0.25) is 14.6 Å². The van der Waals surface area contributed by atoms with Crippen LogP contribution in [0.2, 0.25) is 10.0 Å². The van der Waals surface area contributed by atoms with Crippen molar-refractivity contribution in [1.82, 2.24) is 25.1 Å². The fourth-order valence-electron chi connectivity index (χ4n) is 4.64. The fraction of sp³-hybridized carbons (Fsp3) is 0.276. The number of amides is 1. The molecule has 42 heavy (non-hydrogen) atoms. The lowest BCUT2D eigenvalue weighted by Crippen LogP contribution is -2.46. The molecular weight excluding hydrogens is 583 g/mol. The molecule has 2 aromatic carbocycles. The second-order valence-electron chi connectivity index (χ2n) is 9.59. The molecule has 0 saturated carbocycles. The van der Waals surface area contributed by atoms with E-state index in [1.807, 2.05) is 12.1 Å². The number of carbonyl (C=O) groups excluding carboxylic acids is 1. The van der Waals surface area contributed by atoms with Gasteiger partial charge in [-0.05, 0) is 18.6 Å². The third-order valence-electron chi connectivity index (χ3n) is 6.92. The van der Waals surface area contributed by atoms with E-state index in [0.29, 0.717) is 64.2 Å². The van der Waals surface area contributed by atoms with Crippen molar-refractivity contribution in [3.63, 3.8) is 0 Å². The third-order valence-corrected chi connectivity index (χ3v) is 7.74. The van der Waals surface area contributed by atoms with Crippen molar-refractivity contribution in [3.05, 3.63) is 86.5 Å². The van der Waals surface area contributed by atoms with Gasteiger partial charge in [-0.1, -0.05) is 53.5 Å². The van der Waals surface area contributed by atoms with E-state index in [1.54, 1.807) is 30.5 Å².